The van der Waals surface area contributed by atoms with Gasteiger partial charge in [-0.3, -0.25) is 0 Å². The minimum absolute atomic E-state index is 0. The second kappa shape index (κ2) is 10.1. The standard InChI is InChI=1S/C26H21BN4.2H2O/c27-24-18-10-11-19-25(24)30-20-31(29-28-30)26(21-12-4-1-5-13-21,22-14-6-2-7-15-22)23-16-8-3-9-17-23;;/h1-19H,20H2;2*1H2/q+2;;/p-2. The van der Waals surface area contributed by atoms with Crippen LogP contribution in [0.15, 0.2) is 126 Å². The Hall–Kier alpha value is -3.94. The van der Waals surface area contributed by atoms with Crippen LogP contribution in [0.25, 0.3) is 0 Å². The van der Waals surface area contributed by atoms with Gasteiger partial charge in [0, 0.05) is 0 Å². The van der Waals surface area contributed by atoms with E-state index >= 15 is 0 Å². The van der Waals surface area contributed by atoms with E-state index < -0.39 is 5.54 Å². The maximum absolute atomic E-state index is 6.23. The first kappa shape index (κ1) is 23.7. The van der Waals surface area contributed by atoms with Gasteiger partial charge >= 0.3 is 184 Å². The molecule has 5 rings (SSSR count). The first-order chi connectivity index (χ1) is 15.3. The molecule has 0 aliphatic carbocycles. The Bertz CT molecular complexity index is 1090. The largest absolute Gasteiger partial charge is 0.870 e. The maximum Gasteiger partial charge on any atom is -0.870 e. The van der Waals surface area contributed by atoms with Crippen molar-refractivity contribution in [1.29, 1.82) is 0 Å². The molecule has 0 atom stereocenters. The predicted molar refractivity (Wildman–Crippen MR) is 129 cm³/mol. The molecule has 1 aliphatic heterocycles. The van der Waals surface area contributed by atoms with Gasteiger partial charge in [-0.05, 0) is 0 Å². The third-order valence-corrected chi connectivity index (χ3v) is 5.70. The second-order valence-corrected chi connectivity index (χ2v) is 7.49. The van der Waals surface area contributed by atoms with Gasteiger partial charge < -0.3 is 11.0 Å². The Morgan fingerprint density at radius 2 is 1.00 bits per heavy atom. The first-order valence-corrected chi connectivity index (χ1v) is 10.3. The van der Waals surface area contributed by atoms with E-state index in [1.165, 1.54) is 0 Å². The van der Waals surface area contributed by atoms with E-state index in [0.717, 1.165) is 22.4 Å². The van der Waals surface area contributed by atoms with Gasteiger partial charge in [-0.1, -0.05) is 0 Å². The third kappa shape index (κ3) is 4.12. The van der Waals surface area contributed by atoms with E-state index in [0.29, 0.717) is 12.1 Å². The molecule has 6 nitrogen and oxygen atoms in total. The quantitative estimate of drug-likeness (QED) is 0.342. The van der Waals surface area contributed by atoms with Gasteiger partial charge in [0.15, 0.2) is 0 Å². The Labute approximate surface area is 194 Å². The topological polar surface area (TPSA) is 91.2 Å². The predicted octanol–water partition coefficient (Wildman–Crippen LogP) is 4.48. The van der Waals surface area contributed by atoms with Gasteiger partial charge in [0.1, 0.15) is 0 Å². The molecule has 4 aromatic carbocycles. The Morgan fingerprint density at radius 3 is 1.45 bits per heavy atom. The van der Waals surface area contributed by atoms with Crippen molar-refractivity contribution in [2.45, 2.75) is 5.54 Å². The summed E-state index contributed by atoms with van der Waals surface area (Å²) in [5.41, 5.74) is 4.23. The van der Waals surface area contributed by atoms with Gasteiger partial charge in [-0.25, -0.2) is 0 Å². The number of hydrogen-bond donors (Lipinski definition) is 0. The van der Waals surface area contributed by atoms with Crippen molar-refractivity contribution in [3.8, 4) is 0 Å². The third-order valence-electron chi connectivity index (χ3n) is 5.70. The Kier molecular flexibility index (Phi) is 7.28. The van der Waals surface area contributed by atoms with Crippen molar-refractivity contribution in [3.63, 3.8) is 0 Å². The maximum atomic E-state index is 6.23. The fourth-order valence-electron chi connectivity index (χ4n) is 4.29. The summed E-state index contributed by atoms with van der Waals surface area (Å²) >= 11 is 0. The normalized spacial score (nSPS) is 12.8. The number of nitrogens with zero attached hydrogens (tertiary/aromatic N) is 4. The molecule has 0 saturated carbocycles. The smallest absolute Gasteiger partial charge is 0.870 e. The summed E-state index contributed by atoms with van der Waals surface area (Å²) in [6.45, 7) is 0.465. The molecule has 0 radical (unpaired) electrons. The summed E-state index contributed by atoms with van der Waals surface area (Å²) < 4.78 is 0. The van der Waals surface area contributed by atoms with Crippen LogP contribution in [0.2, 0.25) is 0 Å². The number of rotatable bonds is 5. The molecule has 0 saturated heterocycles. The summed E-state index contributed by atoms with van der Waals surface area (Å²) in [6.07, 6.45) is 0. The average Bonchev–Trinajstić information content (AvgIpc) is 3.32. The zero-order valence-electron chi connectivity index (χ0n) is 17.9. The SMILES string of the molecule is [B+2]c1ccccc1N1CN(C(c2ccccc2)(c2ccccc2)c2ccccc2)N=N1.[OH-].[OH-]. The van der Waals surface area contributed by atoms with E-state index in [4.69, 9.17) is 7.85 Å². The van der Waals surface area contributed by atoms with Gasteiger partial charge in [0.25, 0.3) is 0 Å². The molecule has 7 heteroatoms. The van der Waals surface area contributed by atoms with Crippen molar-refractivity contribution < 1.29 is 11.0 Å². The molecule has 1 heterocycles. The number of para-hydroxylation sites is 1. The van der Waals surface area contributed by atoms with Crippen LogP contribution in [0, 0.1) is 0 Å². The van der Waals surface area contributed by atoms with Gasteiger partial charge in [0.2, 0.25) is 0 Å². The average molecular weight is 434 g/mol. The van der Waals surface area contributed by atoms with Gasteiger partial charge in [-0.15, -0.1) is 0 Å². The van der Waals surface area contributed by atoms with Gasteiger partial charge in [0.05, 0.1) is 0 Å². The molecule has 162 valence electrons. The monoisotopic (exact) mass is 434 g/mol. The molecule has 2 N–H and O–H groups in total. The van der Waals surface area contributed by atoms with E-state index in [9.17, 15) is 0 Å². The van der Waals surface area contributed by atoms with Crippen LogP contribution < -0.4 is 10.5 Å². The molecule has 1 aliphatic rings. The van der Waals surface area contributed by atoms with Crippen LogP contribution in [0.3, 0.4) is 0 Å². The van der Waals surface area contributed by atoms with Crippen molar-refractivity contribution >= 4 is 19.0 Å². The molecule has 0 bridgehead atoms. The second-order valence-electron chi connectivity index (χ2n) is 7.49. The molecule has 33 heavy (non-hydrogen) atoms. The zero-order chi connectivity index (χ0) is 21.1. The number of benzene rings is 4. The van der Waals surface area contributed by atoms with E-state index in [1.807, 2.05) is 52.5 Å². The molecule has 0 amide bonds. The Balaban J connectivity index is 0.00000153. The minimum Gasteiger partial charge on any atom is -0.870 e. The fraction of sp³-hybridized carbons (Fsp3) is 0.0769. The van der Waals surface area contributed by atoms with Crippen molar-refractivity contribution in [2.24, 2.45) is 10.4 Å². The van der Waals surface area contributed by atoms with Crippen molar-refractivity contribution in [3.05, 3.63) is 132 Å². The van der Waals surface area contributed by atoms with Gasteiger partial charge in [-0.2, -0.15) is 0 Å². The van der Waals surface area contributed by atoms with Crippen molar-refractivity contribution in [1.82, 2.24) is 5.01 Å². The molecular weight excluding hydrogens is 411 g/mol. The summed E-state index contributed by atoms with van der Waals surface area (Å²) in [6, 6.07) is 39.1. The molecular formula is C26H23BN4O2. The van der Waals surface area contributed by atoms with Crippen LogP contribution in [0.5, 0.6) is 0 Å². The fourth-order valence-corrected chi connectivity index (χ4v) is 4.29. The van der Waals surface area contributed by atoms with Crippen LogP contribution >= 0.6 is 0 Å². The Morgan fingerprint density at radius 1 is 0.576 bits per heavy atom. The van der Waals surface area contributed by atoms with E-state index in [-0.39, 0.29) is 11.0 Å². The van der Waals surface area contributed by atoms with Crippen molar-refractivity contribution in [2.75, 3.05) is 11.7 Å². The summed E-state index contributed by atoms with van der Waals surface area (Å²) in [5.74, 6) is 0. The molecule has 0 unspecified atom stereocenters. The van der Waals surface area contributed by atoms with E-state index in [1.54, 1.807) is 0 Å². The number of anilines is 1. The summed E-state index contributed by atoms with van der Waals surface area (Å²) in [7, 11) is 6.23. The zero-order valence-corrected chi connectivity index (χ0v) is 17.9. The first-order valence-electron chi connectivity index (χ1n) is 10.3. The van der Waals surface area contributed by atoms with Crippen LogP contribution in [0.4, 0.5) is 5.69 Å². The summed E-state index contributed by atoms with van der Waals surface area (Å²) in [4.78, 5) is 0. The van der Waals surface area contributed by atoms with Crippen LogP contribution in [0.1, 0.15) is 16.7 Å². The molecule has 4 aromatic rings. The number of hydrogen-bond acceptors (Lipinski definition) is 6. The van der Waals surface area contributed by atoms with Crippen LogP contribution in [-0.2, 0) is 5.54 Å². The van der Waals surface area contributed by atoms with Crippen LogP contribution in [-0.4, -0.2) is 30.5 Å². The van der Waals surface area contributed by atoms with E-state index in [2.05, 4.69) is 83.2 Å². The molecule has 0 spiro atoms. The summed E-state index contributed by atoms with van der Waals surface area (Å²) in [5, 5.41) is 13.0. The molecule has 0 fully saturated rings. The molecule has 0 aromatic heterocycles. The minimum atomic E-state index is -0.647.